The monoisotopic (exact) mass is 424 g/mol. The van der Waals surface area contributed by atoms with E-state index < -0.39 is 27.0 Å². The molecule has 11 heteroatoms. The standard InChI is InChI=1S/C18H18F2N4O4S/c1-24(2)17-16-9(8-21-18(23-16)29(5,25)26)6-10(22-17)13-14(19)11(27-3)7-12(28-4)15(13)20/h6-8H,1-5H3. The first kappa shape index (κ1) is 20.6. The molecule has 0 unspecified atom stereocenters. The SMILES string of the molecule is COc1cc(OC)c(F)c(-c2cc3cnc(S(C)(=O)=O)nc3c(N(C)C)n2)c1F. The Bertz CT molecular complexity index is 1190. The van der Waals surface area contributed by atoms with Gasteiger partial charge < -0.3 is 14.4 Å². The number of sulfone groups is 1. The van der Waals surface area contributed by atoms with Crippen molar-refractivity contribution in [1.82, 2.24) is 15.0 Å². The van der Waals surface area contributed by atoms with Crippen molar-refractivity contribution in [1.29, 1.82) is 0 Å². The number of rotatable bonds is 5. The minimum Gasteiger partial charge on any atom is -0.494 e. The lowest BCUT2D eigenvalue weighted by Crippen LogP contribution is -2.14. The zero-order valence-corrected chi connectivity index (χ0v) is 17.1. The number of anilines is 1. The highest BCUT2D eigenvalue weighted by Gasteiger charge is 2.24. The van der Waals surface area contributed by atoms with Crippen molar-refractivity contribution < 1.29 is 26.7 Å². The summed E-state index contributed by atoms with van der Waals surface area (Å²) in [7, 11) is 2.14. The molecule has 0 saturated heterocycles. The number of hydrogen-bond acceptors (Lipinski definition) is 8. The molecular weight excluding hydrogens is 406 g/mol. The summed E-state index contributed by atoms with van der Waals surface area (Å²) in [5.41, 5.74) is -0.271. The van der Waals surface area contributed by atoms with Crippen LogP contribution >= 0.6 is 0 Å². The fraction of sp³-hybridized carbons (Fsp3) is 0.278. The van der Waals surface area contributed by atoms with Gasteiger partial charge in [0.15, 0.2) is 29.0 Å². The fourth-order valence-electron chi connectivity index (χ4n) is 2.74. The molecule has 8 nitrogen and oxygen atoms in total. The van der Waals surface area contributed by atoms with Crippen LogP contribution in [0.4, 0.5) is 14.6 Å². The van der Waals surface area contributed by atoms with Crippen molar-refractivity contribution in [2.45, 2.75) is 5.16 Å². The van der Waals surface area contributed by atoms with E-state index in [4.69, 9.17) is 9.47 Å². The van der Waals surface area contributed by atoms with Crippen molar-refractivity contribution in [3.8, 4) is 22.8 Å². The van der Waals surface area contributed by atoms with Crippen LogP contribution in [0.3, 0.4) is 0 Å². The predicted octanol–water partition coefficient (Wildman–Crippen LogP) is 2.46. The molecule has 0 aliphatic carbocycles. The van der Waals surface area contributed by atoms with Gasteiger partial charge in [-0.05, 0) is 6.07 Å². The summed E-state index contributed by atoms with van der Waals surface area (Å²) in [4.78, 5) is 13.8. The summed E-state index contributed by atoms with van der Waals surface area (Å²) in [6, 6.07) is 2.47. The van der Waals surface area contributed by atoms with Gasteiger partial charge in [-0.1, -0.05) is 0 Å². The maximum atomic E-state index is 14.9. The van der Waals surface area contributed by atoms with Crippen LogP contribution in [0.1, 0.15) is 0 Å². The maximum Gasteiger partial charge on any atom is 0.247 e. The summed E-state index contributed by atoms with van der Waals surface area (Å²) in [5.74, 6) is -2.11. The molecule has 0 atom stereocenters. The van der Waals surface area contributed by atoms with Gasteiger partial charge >= 0.3 is 0 Å². The van der Waals surface area contributed by atoms with Crippen LogP contribution in [0.15, 0.2) is 23.5 Å². The first-order valence-electron chi connectivity index (χ1n) is 8.24. The summed E-state index contributed by atoms with van der Waals surface area (Å²) < 4.78 is 63.3. The van der Waals surface area contributed by atoms with E-state index >= 15 is 0 Å². The highest BCUT2D eigenvalue weighted by molar-refractivity contribution is 7.90. The second-order valence-electron chi connectivity index (χ2n) is 6.37. The molecule has 0 N–H and O–H groups in total. The number of fused-ring (bicyclic) bond motifs is 1. The quantitative estimate of drug-likeness (QED) is 0.577. The molecule has 3 aromatic rings. The van der Waals surface area contributed by atoms with Crippen LogP contribution in [-0.4, -0.2) is 57.9 Å². The van der Waals surface area contributed by atoms with E-state index in [-0.39, 0.29) is 33.7 Å². The van der Waals surface area contributed by atoms with E-state index in [9.17, 15) is 17.2 Å². The van der Waals surface area contributed by atoms with Gasteiger partial charge in [-0.15, -0.1) is 0 Å². The van der Waals surface area contributed by atoms with E-state index in [1.807, 2.05) is 0 Å². The van der Waals surface area contributed by atoms with E-state index in [1.54, 1.807) is 19.0 Å². The lowest BCUT2D eigenvalue weighted by Gasteiger charge is -2.17. The summed E-state index contributed by atoms with van der Waals surface area (Å²) >= 11 is 0. The summed E-state index contributed by atoms with van der Waals surface area (Å²) in [6.45, 7) is 0. The Morgan fingerprint density at radius 3 is 2.07 bits per heavy atom. The van der Waals surface area contributed by atoms with Gasteiger partial charge in [0.1, 0.15) is 5.52 Å². The van der Waals surface area contributed by atoms with Crippen LogP contribution in [0, 0.1) is 11.6 Å². The van der Waals surface area contributed by atoms with E-state index in [1.165, 1.54) is 26.5 Å². The largest absolute Gasteiger partial charge is 0.494 e. The van der Waals surface area contributed by atoms with Crippen LogP contribution in [0.5, 0.6) is 11.5 Å². The van der Waals surface area contributed by atoms with Gasteiger partial charge in [-0.3, -0.25) is 0 Å². The normalized spacial score (nSPS) is 11.6. The number of nitrogens with zero attached hydrogens (tertiary/aromatic N) is 4. The third kappa shape index (κ3) is 3.65. The molecule has 2 aromatic heterocycles. The van der Waals surface area contributed by atoms with Gasteiger partial charge in [-0.25, -0.2) is 32.2 Å². The molecule has 1 aromatic carbocycles. The van der Waals surface area contributed by atoms with Crippen molar-refractivity contribution >= 4 is 26.6 Å². The van der Waals surface area contributed by atoms with Gasteiger partial charge in [0.2, 0.25) is 15.0 Å². The molecule has 0 bridgehead atoms. The van der Waals surface area contributed by atoms with E-state index in [0.717, 1.165) is 12.3 Å². The smallest absolute Gasteiger partial charge is 0.247 e. The maximum absolute atomic E-state index is 14.9. The first-order chi connectivity index (χ1) is 13.6. The van der Waals surface area contributed by atoms with Crippen LogP contribution in [0.2, 0.25) is 0 Å². The molecule has 0 radical (unpaired) electrons. The number of halogens is 2. The molecule has 0 saturated carbocycles. The molecule has 0 fully saturated rings. The molecule has 0 spiro atoms. The average Bonchev–Trinajstić information content (AvgIpc) is 2.66. The molecule has 3 rings (SSSR count). The van der Waals surface area contributed by atoms with Crippen LogP contribution < -0.4 is 14.4 Å². The average molecular weight is 424 g/mol. The van der Waals surface area contributed by atoms with Crippen molar-refractivity contribution in [3.05, 3.63) is 30.0 Å². The lowest BCUT2D eigenvalue weighted by atomic mass is 10.1. The lowest BCUT2D eigenvalue weighted by molar-refractivity contribution is 0.359. The minimum atomic E-state index is -3.65. The van der Waals surface area contributed by atoms with Gasteiger partial charge in [-0.2, -0.15) is 0 Å². The number of methoxy groups -OCH3 is 2. The Morgan fingerprint density at radius 2 is 1.59 bits per heavy atom. The third-order valence-corrected chi connectivity index (χ3v) is 4.97. The Balaban J connectivity index is 2.38. The van der Waals surface area contributed by atoms with Gasteiger partial charge in [0.05, 0.1) is 25.5 Å². The number of benzene rings is 1. The molecule has 0 aliphatic rings. The molecule has 29 heavy (non-hydrogen) atoms. The van der Waals surface area contributed by atoms with E-state index in [2.05, 4.69) is 15.0 Å². The molecule has 0 aliphatic heterocycles. The predicted molar refractivity (Wildman–Crippen MR) is 103 cm³/mol. The third-order valence-electron chi connectivity index (χ3n) is 4.11. The van der Waals surface area contributed by atoms with Crippen molar-refractivity contribution in [2.24, 2.45) is 0 Å². The Labute approximate surface area is 166 Å². The molecule has 2 heterocycles. The van der Waals surface area contributed by atoms with Gasteiger partial charge in [0, 0.05) is 38.0 Å². The summed E-state index contributed by atoms with van der Waals surface area (Å²) in [5, 5.41) is -0.0188. The molecule has 154 valence electrons. The molecule has 0 amide bonds. The van der Waals surface area contributed by atoms with Crippen molar-refractivity contribution in [3.63, 3.8) is 0 Å². The Morgan fingerprint density at radius 1 is 1.00 bits per heavy atom. The zero-order valence-electron chi connectivity index (χ0n) is 16.3. The highest BCUT2D eigenvalue weighted by atomic mass is 32.2. The van der Waals surface area contributed by atoms with Gasteiger partial charge in [0.25, 0.3) is 0 Å². The van der Waals surface area contributed by atoms with E-state index in [0.29, 0.717) is 5.39 Å². The minimum absolute atomic E-state index is 0.0518. The second-order valence-corrected chi connectivity index (χ2v) is 8.28. The number of aromatic nitrogens is 3. The van der Waals surface area contributed by atoms with Crippen LogP contribution in [-0.2, 0) is 9.84 Å². The Kier molecular flexibility index (Phi) is 5.26. The number of ether oxygens (including phenoxy) is 2. The Hall–Kier alpha value is -3.08. The summed E-state index contributed by atoms with van der Waals surface area (Å²) in [6.07, 6.45) is 2.25. The second kappa shape index (κ2) is 7.39. The highest BCUT2D eigenvalue weighted by Crippen LogP contribution is 2.38. The topological polar surface area (TPSA) is 94.5 Å². The number of pyridine rings is 1. The first-order valence-corrected chi connectivity index (χ1v) is 10.1. The van der Waals surface area contributed by atoms with Crippen molar-refractivity contribution in [2.75, 3.05) is 39.5 Å². The molecular formula is C18H18F2N4O4S. The van der Waals surface area contributed by atoms with Crippen LogP contribution in [0.25, 0.3) is 22.2 Å². The fourth-order valence-corrected chi connectivity index (χ4v) is 3.24. The zero-order chi connectivity index (χ0) is 21.5. The number of hydrogen-bond donors (Lipinski definition) is 0.